The summed E-state index contributed by atoms with van der Waals surface area (Å²) >= 11 is 0. The number of hydrogen-bond acceptors (Lipinski definition) is 5. The van der Waals surface area contributed by atoms with Crippen LogP contribution in [0.3, 0.4) is 0 Å². The standard InChI is InChI=1S/C16H22N4O/c1-12-9-14(19-16(18-12)20(2)3)10-17-15(11-21)13-7-5-4-6-8-13/h4-9,15,17,21H,10-11H2,1-3H3. The van der Waals surface area contributed by atoms with E-state index in [1.54, 1.807) is 0 Å². The van der Waals surface area contributed by atoms with E-state index in [0.717, 1.165) is 17.0 Å². The minimum atomic E-state index is -0.0933. The molecule has 1 aromatic heterocycles. The van der Waals surface area contributed by atoms with Gasteiger partial charge in [-0.1, -0.05) is 30.3 Å². The van der Waals surface area contributed by atoms with Crippen molar-refractivity contribution in [2.45, 2.75) is 19.5 Å². The van der Waals surface area contributed by atoms with Gasteiger partial charge in [0, 0.05) is 26.3 Å². The molecule has 0 saturated heterocycles. The van der Waals surface area contributed by atoms with Crippen molar-refractivity contribution in [2.75, 3.05) is 25.6 Å². The third-order valence-corrected chi connectivity index (χ3v) is 3.21. The van der Waals surface area contributed by atoms with E-state index in [1.807, 2.05) is 62.3 Å². The molecule has 0 radical (unpaired) electrons. The quantitative estimate of drug-likeness (QED) is 0.846. The summed E-state index contributed by atoms with van der Waals surface area (Å²) in [5.41, 5.74) is 2.92. The van der Waals surface area contributed by atoms with Crippen LogP contribution in [0.5, 0.6) is 0 Å². The maximum Gasteiger partial charge on any atom is 0.225 e. The van der Waals surface area contributed by atoms with Crippen molar-refractivity contribution in [2.24, 2.45) is 0 Å². The highest BCUT2D eigenvalue weighted by Crippen LogP contribution is 2.13. The summed E-state index contributed by atoms with van der Waals surface area (Å²) in [7, 11) is 3.85. The molecular weight excluding hydrogens is 264 g/mol. The molecule has 2 rings (SSSR count). The number of aromatic nitrogens is 2. The normalized spacial score (nSPS) is 12.2. The van der Waals surface area contributed by atoms with Gasteiger partial charge in [0.1, 0.15) is 0 Å². The number of nitrogens with zero attached hydrogens (tertiary/aromatic N) is 3. The van der Waals surface area contributed by atoms with E-state index in [1.165, 1.54) is 0 Å². The zero-order valence-corrected chi connectivity index (χ0v) is 12.7. The lowest BCUT2D eigenvalue weighted by Crippen LogP contribution is -2.25. The number of benzene rings is 1. The van der Waals surface area contributed by atoms with E-state index in [2.05, 4.69) is 15.3 Å². The molecule has 0 fully saturated rings. The van der Waals surface area contributed by atoms with Gasteiger partial charge in [-0.25, -0.2) is 9.97 Å². The molecule has 0 aliphatic carbocycles. The van der Waals surface area contributed by atoms with Crippen molar-refractivity contribution >= 4 is 5.95 Å². The highest BCUT2D eigenvalue weighted by Gasteiger charge is 2.10. The van der Waals surface area contributed by atoms with Crippen LogP contribution in [0.4, 0.5) is 5.95 Å². The summed E-state index contributed by atoms with van der Waals surface area (Å²) in [4.78, 5) is 10.8. The van der Waals surface area contributed by atoms with Crippen LogP contribution < -0.4 is 10.2 Å². The second-order valence-corrected chi connectivity index (χ2v) is 5.22. The first kappa shape index (κ1) is 15.4. The van der Waals surface area contributed by atoms with E-state index in [4.69, 9.17) is 0 Å². The molecule has 0 saturated carbocycles. The molecule has 1 unspecified atom stereocenters. The van der Waals surface area contributed by atoms with E-state index in [9.17, 15) is 5.11 Å². The predicted octanol–water partition coefficient (Wildman–Crippen LogP) is 1.67. The van der Waals surface area contributed by atoms with E-state index >= 15 is 0 Å². The SMILES string of the molecule is Cc1cc(CNC(CO)c2ccccc2)nc(N(C)C)n1. The van der Waals surface area contributed by atoms with Crippen LogP contribution in [0.25, 0.3) is 0 Å². The zero-order valence-electron chi connectivity index (χ0n) is 12.7. The smallest absolute Gasteiger partial charge is 0.225 e. The van der Waals surface area contributed by atoms with Crippen molar-refractivity contribution < 1.29 is 5.11 Å². The van der Waals surface area contributed by atoms with Gasteiger partial charge < -0.3 is 15.3 Å². The Balaban J connectivity index is 2.08. The Morgan fingerprint density at radius 2 is 1.90 bits per heavy atom. The maximum absolute atomic E-state index is 9.55. The van der Waals surface area contributed by atoms with Gasteiger partial charge in [-0.3, -0.25) is 0 Å². The van der Waals surface area contributed by atoms with Crippen LogP contribution in [-0.4, -0.2) is 35.8 Å². The third kappa shape index (κ3) is 4.24. The summed E-state index contributed by atoms with van der Waals surface area (Å²) in [6, 6.07) is 11.8. The molecule has 5 nitrogen and oxygen atoms in total. The fourth-order valence-electron chi connectivity index (χ4n) is 2.11. The Morgan fingerprint density at radius 1 is 1.19 bits per heavy atom. The van der Waals surface area contributed by atoms with Crippen molar-refractivity contribution in [1.82, 2.24) is 15.3 Å². The van der Waals surface area contributed by atoms with Gasteiger partial charge in [-0.05, 0) is 18.6 Å². The average molecular weight is 286 g/mol. The lowest BCUT2D eigenvalue weighted by Gasteiger charge is -2.17. The van der Waals surface area contributed by atoms with Crippen molar-refractivity contribution in [3.05, 3.63) is 53.3 Å². The van der Waals surface area contributed by atoms with Gasteiger partial charge in [0.05, 0.1) is 18.3 Å². The van der Waals surface area contributed by atoms with Gasteiger partial charge in [-0.15, -0.1) is 0 Å². The Hall–Kier alpha value is -1.98. The number of rotatable bonds is 6. The summed E-state index contributed by atoms with van der Waals surface area (Å²) in [6.07, 6.45) is 0. The number of nitrogens with one attached hydrogen (secondary N) is 1. The molecule has 112 valence electrons. The van der Waals surface area contributed by atoms with Crippen LogP contribution in [0.2, 0.25) is 0 Å². The monoisotopic (exact) mass is 286 g/mol. The van der Waals surface area contributed by atoms with Gasteiger partial charge in [0.2, 0.25) is 5.95 Å². The lowest BCUT2D eigenvalue weighted by molar-refractivity contribution is 0.243. The summed E-state index contributed by atoms with van der Waals surface area (Å²) in [6.45, 7) is 2.60. The van der Waals surface area contributed by atoms with Crippen LogP contribution in [0, 0.1) is 6.92 Å². The Morgan fingerprint density at radius 3 is 2.52 bits per heavy atom. The van der Waals surface area contributed by atoms with Gasteiger partial charge >= 0.3 is 0 Å². The first-order valence-corrected chi connectivity index (χ1v) is 7.01. The second kappa shape index (κ2) is 7.15. The number of aliphatic hydroxyl groups excluding tert-OH is 1. The van der Waals surface area contributed by atoms with Crippen LogP contribution in [-0.2, 0) is 6.54 Å². The lowest BCUT2D eigenvalue weighted by atomic mass is 10.1. The highest BCUT2D eigenvalue weighted by molar-refractivity contribution is 5.30. The molecule has 0 amide bonds. The van der Waals surface area contributed by atoms with Gasteiger partial charge in [0.25, 0.3) is 0 Å². The molecule has 5 heteroatoms. The number of hydrogen-bond donors (Lipinski definition) is 2. The molecule has 1 atom stereocenters. The molecule has 1 heterocycles. The van der Waals surface area contributed by atoms with Crippen LogP contribution in [0.1, 0.15) is 23.0 Å². The largest absolute Gasteiger partial charge is 0.394 e. The van der Waals surface area contributed by atoms with Crippen LogP contribution in [0.15, 0.2) is 36.4 Å². The third-order valence-electron chi connectivity index (χ3n) is 3.21. The summed E-state index contributed by atoms with van der Waals surface area (Å²) < 4.78 is 0. The van der Waals surface area contributed by atoms with Crippen LogP contribution >= 0.6 is 0 Å². The Kier molecular flexibility index (Phi) is 5.25. The molecule has 2 N–H and O–H groups in total. The first-order chi connectivity index (χ1) is 10.1. The van der Waals surface area contributed by atoms with Gasteiger partial charge in [-0.2, -0.15) is 0 Å². The minimum Gasteiger partial charge on any atom is -0.394 e. The van der Waals surface area contributed by atoms with E-state index in [0.29, 0.717) is 12.5 Å². The first-order valence-electron chi connectivity index (χ1n) is 7.01. The molecular formula is C16H22N4O. The average Bonchev–Trinajstić information content (AvgIpc) is 2.48. The molecule has 1 aromatic carbocycles. The van der Waals surface area contributed by atoms with Gasteiger partial charge in [0.15, 0.2) is 0 Å². The fourth-order valence-corrected chi connectivity index (χ4v) is 2.11. The zero-order chi connectivity index (χ0) is 15.2. The van der Waals surface area contributed by atoms with E-state index in [-0.39, 0.29) is 12.6 Å². The van der Waals surface area contributed by atoms with E-state index < -0.39 is 0 Å². The van der Waals surface area contributed by atoms with Crippen molar-refractivity contribution in [3.63, 3.8) is 0 Å². The summed E-state index contributed by atoms with van der Waals surface area (Å²) in [5.74, 6) is 0.701. The number of anilines is 1. The molecule has 0 bridgehead atoms. The van der Waals surface area contributed by atoms with Crippen molar-refractivity contribution in [1.29, 1.82) is 0 Å². The molecule has 2 aromatic rings. The highest BCUT2D eigenvalue weighted by atomic mass is 16.3. The topological polar surface area (TPSA) is 61.3 Å². The molecule has 0 aliphatic heterocycles. The molecule has 0 spiro atoms. The van der Waals surface area contributed by atoms with Crippen molar-refractivity contribution in [3.8, 4) is 0 Å². The molecule has 21 heavy (non-hydrogen) atoms. The maximum atomic E-state index is 9.55. The second-order valence-electron chi connectivity index (χ2n) is 5.22. The minimum absolute atomic E-state index is 0.0502. The number of aryl methyl sites for hydroxylation is 1. The summed E-state index contributed by atoms with van der Waals surface area (Å²) in [5, 5.41) is 12.9. The predicted molar refractivity (Wildman–Crippen MR) is 84.2 cm³/mol. The molecule has 0 aliphatic rings. The fraction of sp³-hybridized carbons (Fsp3) is 0.375. The Labute approximate surface area is 125 Å². The Bertz CT molecular complexity index is 572. The number of aliphatic hydroxyl groups is 1.